The van der Waals surface area contributed by atoms with Crippen LogP contribution in [-0.4, -0.2) is 17.1 Å². The lowest BCUT2D eigenvalue weighted by Gasteiger charge is -2.21. The SMILES string of the molecule is COc1nc(-c2cc3cc(C)ccc3c(C(C)(C)C)n2)cs1. The summed E-state index contributed by atoms with van der Waals surface area (Å²) in [4.78, 5) is 9.39. The molecule has 0 bridgehead atoms. The van der Waals surface area contributed by atoms with Gasteiger partial charge in [0.2, 0.25) is 0 Å². The van der Waals surface area contributed by atoms with E-state index in [9.17, 15) is 0 Å². The van der Waals surface area contributed by atoms with Crippen molar-refractivity contribution >= 4 is 22.1 Å². The van der Waals surface area contributed by atoms with Gasteiger partial charge in [0.15, 0.2) is 0 Å². The molecule has 0 radical (unpaired) electrons. The first-order valence-electron chi connectivity index (χ1n) is 7.30. The summed E-state index contributed by atoms with van der Waals surface area (Å²) in [5.74, 6) is 0. The van der Waals surface area contributed by atoms with E-state index in [0.717, 1.165) is 17.1 Å². The predicted molar refractivity (Wildman–Crippen MR) is 92.8 cm³/mol. The van der Waals surface area contributed by atoms with Crippen molar-refractivity contribution in [2.75, 3.05) is 7.11 Å². The van der Waals surface area contributed by atoms with Gasteiger partial charge in [0.25, 0.3) is 5.19 Å². The minimum Gasteiger partial charge on any atom is -0.473 e. The summed E-state index contributed by atoms with van der Waals surface area (Å²) in [5, 5.41) is 5.08. The molecule has 0 aliphatic carbocycles. The Morgan fingerprint density at radius 3 is 2.45 bits per heavy atom. The second-order valence-corrected chi connectivity index (χ2v) is 7.35. The second-order valence-electron chi connectivity index (χ2n) is 6.53. The molecule has 0 aliphatic heterocycles. The summed E-state index contributed by atoms with van der Waals surface area (Å²) in [6.07, 6.45) is 0. The van der Waals surface area contributed by atoms with Crippen molar-refractivity contribution < 1.29 is 4.74 Å². The third-order valence-corrected chi connectivity index (χ3v) is 4.42. The van der Waals surface area contributed by atoms with E-state index >= 15 is 0 Å². The largest absolute Gasteiger partial charge is 0.473 e. The van der Waals surface area contributed by atoms with E-state index in [0.29, 0.717) is 5.19 Å². The number of aryl methyl sites for hydroxylation is 1. The van der Waals surface area contributed by atoms with Crippen LogP contribution in [0.4, 0.5) is 0 Å². The van der Waals surface area contributed by atoms with Crippen molar-refractivity contribution in [2.24, 2.45) is 0 Å². The second kappa shape index (κ2) is 5.36. The van der Waals surface area contributed by atoms with Gasteiger partial charge in [-0.2, -0.15) is 0 Å². The molecule has 2 heterocycles. The van der Waals surface area contributed by atoms with Gasteiger partial charge in [-0.15, -0.1) is 0 Å². The zero-order valence-corrected chi connectivity index (χ0v) is 14.4. The van der Waals surface area contributed by atoms with Crippen LogP contribution < -0.4 is 4.74 Å². The zero-order valence-electron chi connectivity index (χ0n) is 13.6. The number of aromatic nitrogens is 2. The van der Waals surface area contributed by atoms with Crippen LogP contribution in [0.1, 0.15) is 32.0 Å². The van der Waals surface area contributed by atoms with Gasteiger partial charge < -0.3 is 4.74 Å². The first kappa shape index (κ1) is 15.0. The molecular formula is C18H20N2OS. The molecule has 0 fully saturated rings. The Morgan fingerprint density at radius 1 is 1.05 bits per heavy atom. The van der Waals surface area contributed by atoms with E-state index in [-0.39, 0.29) is 5.41 Å². The molecule has 0 amide bonds. The summed E-state index contributed by atoms with van der Waals surface area (Å²) < 4.78 is 5.20. The summed E-state index contributed by atoms with van der Waals surface area (Å²) in [6, 6.07) is 8.64. The average molecular weight is 312 g/mol. The topological polar surface area (TPSA) is 35.0 Å². The summed E-state index contributed by atoms with van der Waals surface area (Å²) in [6.45, 7) is 8.70. The standard InChI is InChI=1S/C18H20N2OS/c1-11-6-7-13-12(8-11)9-14(19-16(13)18(2,3)4)15-10-22-17(20-15)21-5/h6-10H,1-5H3. The lowest BCUT2D eigenvalue weighted by Crippen LogP contribution is -2.14. The van der Waals surface area contributed by atoms with E-state index < -0.39 is 0 Å². The number of ether oxygens (including phenoxy) is 1. The van der Waals surface area contributed by atoms with Gasteiger partial charge in [0.05, 0.1) is 18.5 Å². The summed E-state index contributed by atoms with van der Waals surface area (Å²) in [7, 11) is 1.64. The molecular weight excluding hydrogens is 292 g/mol. The molecule has 0 spiro atoms. The number of nitrogens with zero attached hydrogens (tertiary/aromatic N) is 2. The number of fused-ring (bicyclic) bond motifs is 1. The number of hydrogen-bond donors (Lipinski definition) is 0. The molecule has 2 aromatic heterocycles. The van der Waals surface area contributed by atoms with E-state index in [2.05, 4.69) is 56.9 Å². The number of benzene rings is 1. The van der Waals surface area contributed by atoms with Crippen LogP contribution in [0.15, 0.2) is 29.6 Å². The highest BCUT2D eigenvalue weighted by Gasteiger charge is 2.21. The fourth-order valence-corrected chi connectivity index (χ4v) is 3.18. The molecule has 0 saturated carbocycles. The van der Waals surface area contributed by atoms with Gasteiger partial charge in [-0.1, -0.05) is 55.9 Å². The molecule has 0 aliphatic rings. The zero-order chi connectivity index (χ0) is 15.9. The van der Waals surface area contributed by atoms with Crippen LogP contribution in [0.2, 0.25) is 0 Å². The maximum atomic E-state index is 5.20. The molecule has 22 heavy (non-hydrogen) atoms. The Kier molecular flexibility index (Phi) is 3.65. The monoisotopic (exact) mass is 312 g/mol. The van der Waals surface area contributed by atoms with Gasteiger partial charge >= 0.3 is 0 Å². The van der Waals surface area contributed by atoms with Gasteiger partial charge in [-0.25, -0.2) is 9.97 Å². The Balaban J connectivity index is 2.27. The maximum Gasteiger partial charge on any atom is 0.273 e. The molecule has 1 aromatic carbocycles. The smallest absolute Gasteiger partial charge is 0.273 e. The normalized spacial score (nSPS) is 11.9. The average Bonchev–Trinajstić information content (AvgIpc) is 2.93. The van der Waals surface area contributed by atoms with E-state index in [1.54, 1.807) is 7.11 Å². The highest BCUT2D eigenvalue weighted by atomic mass is 32.1. The van der Waals surface area contributed by atoms with Gasteiger partial charge in [0, 0.05) is 16.2 Å². The third-order valence-electron chi connectivity index (χ3n) is 3.62. The molecule has 3 aromatic rings. The van der Waals surface area contributed by atoms with Gasteiger partial charge in [0.1, 0.15) is 5.69 Å². The molecule has 3 nitrogen and oxygen atoms in total. The Bertz CT molecular complexity index is 831. The molecule has 114 valence electrons. The summed E-state index contributed by atoms with van der Waals surface area (Å²) in [5.41, 5.74) is 4.11. The molecule has 4 heteroatoms. The molecule has 0 N–H and O–H groups in total. The summed E-state index contributed by atoms with van der Waals surface area (Å²) >= 11 is 1.49. The van der Waals surface area contributed by atoms with Crippen molar-refractivity contribution in [3.8, 4) is 16.6 Å². The van der Waals surface area contributed by atoms with E-state index in [4.69, 9.17) is 9.72 Å². The van der Waals surface area contributed by atoms with Gasteiger partial charge in [-0.05, 0) is 18.4 Å². The van der Waals surface area contributed by atoms with Crippen molar-refractivity contribution in [1.29, 1.82) is 0 Å². The van der Waals surface area contributed by atoms with Crippen LogP contribution in [0.3, 0.4) is 0 Å². The Hall–Kier alpha value is -1.94. The molecule has 0 atom stereocenters. The fraction of sp³-hybridized carbons (Fsp3) is 0.333. The quantitative estimate of drug-likeness (QED) is 0.670. The fourth-order valence-electron chi connectivity index (χ4n) is 2.55. The minimum absolute atomic E-state index is 0.0242. The highest BCUT2D eigenvalue weighted by molar-refractivity contribution is 7.11. The van der Waals surface area contributed by atoms with Crippen molar-refractivity contribution in [1.82, 2.24) is 9.97 Å². The first-order valence-corrected chi connectivity index (χ1v) is 8.18. The van der Waals surface area contributed by atoms with Gasteiger partial charge in [-0.3, -0.25) is 0 Å². The van der Waals surface area contributed by atoms with Crippen molar-refractivity contribution in [3.05, 3.63) is 40.9 Å². The first-order chi connectivity index (χ1) is 10.4. The van der Waals surface area contributed by atoms with Crippen LogP contribution in [0.25, 0.3) is 22.2 Å². The van der Waals surface area contributed by atoms with Crippen LogP contribution in [-0.2, 0) is 5.41 Å². The number of methoxy groups -OCH3 is 1. The lowest BCUT2D eigenvalue weighted by atomic mass is 9.87. The van der Waals surface area contributed by atoms with Crippen LogP contribution in [0, 0.1) is 6.92 Å². The lowest BCUT2D eigenvalue weighted by molar-refractivity contribution is 0.412. The van der Waals surface area contributed by atoms with Crippen molar-refractivity contribution in [3.63, 3.8) is 0 Å². The van der Waals surface area contributed by atoms with Crippen molar-refractivity contribution in [2.45, 2.75) is 33.1 Å². The number of pyridine rings is 1. The number of thiazole rings is 1. The third kappa shape index (κ3) is 2.71. The molecule has 3 rings (SSSR count). The molecule has 0 saturated heterocycles. The maximum absolute atomic E-state index is 5.20. The van der Waals surface area contributed by atoms with Crippen LogP contribution >= 0.6 is 11.3 Å². The Labute approximate surface area is 135 Å². The highest BCUT2D eigenvalue weighted by Crippen LogP contribution is 2.33. The Morgan fingerprint density at radius 2 is 1.82 bits per heavy atom. The van der Waals surface area contributed by atoms with E-state index in [1.165, 1.54) is 27.7 Å². The van der Waals surface area contributed by atoms with E-state index in [1.807, 2.05) is 5.38 Å². The molecule has 0 unspecified atom stereocenters. The predicted octanol–water partition coefficient (Wildman–Crippen LogP) is 4.97. The number of rotatable bonds is 2. The number of hydrogen-bond acceptors (Lipinski definition) is 4. The van der Waals surface area contributed by atoms with Crippen LogP contribution in [0.5, 0.6) is 5.19 Å². The minimum atomic E-state index is -0.0242.